The lowest BCUT2D eigenvalue weighted by atomic mass is 10.1. The Kier molecular flexibility index (Phi) is 2.99. The first-order chi connectivity index (χ1) is 9.49. The van der Waals surface area contributed by atoms with Crippen molar-refractivity contribution >= 4 is 35.1 Å². The number of ether oxygens (including phenoxy) is 1. The van der Waals surface area contributed by atoms with E-state index in [-0.39, 0.29) is 16.3 Å². The lowest BCUT2D eigenvalue weighted by molar-refractivity contribution is -0.146. The van der Waals surface area contributed by atoms with Gasteiger partial charge in [0, 0.05) is 0 Å². The first kappa shape index (κ1) is 13.1. The molecule has 0 aliphatic carbocycles. The third kappa shape index (κ3) is 1.88. The van der Waals surface area contributed by atoms with E-state index < -0.39 is 30.0 Å². The van der Waals surface area contributed by atoms with Crippen molar-refractivity contribution in [2.45, 2.75) is 25.0 Å². The van der Waals surface area contributed by atoms with Crippen LogP contribution in [0.15, 0.2) is 18.2 Å². The molecule has 0 saturated carbocycles. The molecule has 1 aromatic rings. The molecule has 20 heavy (non-hydrogen) atoms. The van der Waals surface area contributed by atoms with Crippen molar-refractivity contribution in [1.82, 2.24) is 0 Å². The molecule has 0 radical (unpaired) electrons. The third-order valence-corrected chi connectivity index (χ3v) is 3.75. The number of amides is 2. The maximum atomic E-state index is 12.2. The van der Waals surface area contributed by atoms with Gasteiger partial charge in [0.05, 0.1) is 16.3 Å². The average Bonchev–Trinajstić information content (AvgIpc) is 2.85. The van der Waals surface area contributed by atoms with E-state index in [2.05, 4.69) is 0 Å². The van der Waals surface area contributed by atoms with E-state index in [0.717, 1.165) is 4.90 Å². The molecule has 0 spiro atoms. The van der Waals surface area contributed by atoms with Crippen molar-refractivity contribution in [2.24, 2.45) is 0 Å². The number of fused-ring (bicyclic) bond motifs is 2. The maximum absolute atomic E-state index is 12.2. The molecule has 3 rings (SSSR count). The number of benzene rings is 1. The van der Waals surface area contributed by atoms with Gasteiger partial charge in [-0.05, 0) is 31.0 Å². The molecular weight excluding hydrogens is 286 g/mol. The van der Waals surface area contributed by atoms with E-state index in [4.69, 9.17) is 21.4 Å². The molecule has 1 N–H and O–H groups in total. The van der Waals surface area contributed by atoms with Crippen LogP contribution in [0.1, 0.15) is 23.2 Å². The molecule has 2 amide bonds. The average molecular weight is 296 g/mol. The van der Waals surface area contributed by atoms with Crippen molar-refractivity contribution < 1.29 is 24.2 Å². The van der Waals surface area contributed by atoms with Crippen molar-refractivity contribution in [2.75, 3.05) is 4.90 Å². The van der Waals surface area contributed by atoms with E-state index in [9.17, 15) is 14.4 Å². The van der Waals surface area contributed by atoms with Gasteiger partial charge in [0.2, 0.25) is 0 Å². The van der Waals surface area contributed by atoms with Gasteiger partial charge in [-0.2, -0.15) is 0 Å². The highest BCUT2D eigenvalue weighted by atomic mass is 35.5. The van der Waals surface area contributed by atoms with Gasteiger partial charge < -0.3 is 9.84 Å². The summed E-state index contributed by atoms with van der Waals surface area (Å²) in [6, 6.07) is 3.89. The zero-order valence-electron chi connectivity index (χ0n) is 10.2. The Labute approximate surface area is 118 Å². The Balaban J connectivity index is 2.02. The van der Waals surface area contributed by atoms with E-state index in [1.54, 1.807) is 0 Å². The van der Waals surface area contributed by atoms with E-state index in [1.807, 2.05) is 0 Å². The van der Waals surface area contributed by atoms with Gasteiger partial charge in [0.25, 0.3) is 11.8 Å². The molecule has 2 heterocycles. The van der Waals surface area contributed by atoms with Crippen LogP contribution in [-0.4, -0.2) is 35.1 Å². The zero-order valence-corrected chi connectivity index (χ0v) is 11.0. The predicted octanol–water partition coefficient (Wildman–Crippen LogP) is 1.46. The monoisotopic (exact) mass is 295 g/mol. The summed E-state index contributed by atoms with van der Waals surface area (Å²) in [6.45, 7) is 0. The van der Waals surface area contributed by atoms with E-state index in [0.29, 0.717) is 12.8 Å². The number of halogens is 1. The Morgan fingerprint density at radius 3 is 2.35 bits per heavy atom. The van der Waals surface area contributed by atoms with Crippen LogP contribution in [0.5, 0.6) is 0 Å². The van der Waals surface area contributed by atoms with Crippen LogP contribution in [0.2, 0.25) is 5.02 Å². The quantitative estimate of drug-likeness (QED) is 0.835. The molecule has 7 heteroatoms. The molecule has 2 aliphatic rings. The summed E-state index contributed by atoms with van der Waals surface area (Å²) in [4.78, 5) is 36.2. The predicted molar refractivity (Wildman–Crippen MR) is 68.8 cm³/mol. The molecule has 2 fully saturated rings. The highest BCUT2D eigenvalue weighted by Gasteiger charge is 2.47. The molecule has 2 aliphatic heterocycles. The Hall–Kier alpha value is -1.92. The fourth-order valence-corrected chi connectivity index (χ4v) is 2.72. The molecule has 2 unspecified atom stereocenters. The fraction of sp³-hybridized carbons (Fsp3) is 0.308. The van der Waals surface area contributed by atoms with Crippen molar-refractivity contribution in [1.29, 1.82) is 0 Å². The number of rotatable bonds is 2. The van der Waals surface area contributed by atoms with Crippen molar-refractivity contribution in [3.05, 3.63) is 28.8 Å². The molecule has 2 saturated heterocycles. The van der Waals surface area contributed by atoms with Crippen LogP contribution in [0.4, 0.5) is 5.69 Å². The molecule has 104 valence electrons. The second kappa shape index (κ2) is 4.57. The Morgan fingerprint density at radius 1 is 1.25 bits per heavy atom. The number of aromatic carboxylic acids is 1. The van der Waals surface area contributed by atoms with Crippen LogP contribution in [-0.2, 0) is 14.3 Å². The lowest BCUT2D eigenvalue weighted by Gasteiger charge is -2.30. The molecule has 1 aromatic carbocycles. The summed E-state index contributed by atoms with van der Waals surface area (Å²) in [7, 11) is 0. The number of hydrogen-bond acceptors (Lipinski definition) is 4. The smallest absolute Gasteiger partial charge is 0.335 e. The fourth-order valence-electron chi connectivity index (χ4n) is 2.46. The number of carbonyl (C=O) groups excluding carboxylic acids is 2. The standard InChI is InChI=1S/C13H10ClNO5/c14-7-5-6(13(18)19)1-2-8(7)15-11(16)9-3-4-10(20-9)12(15)17/h1-2,5,9-10H,3-4H2,(H,18,19). The second-order valence-electron chi connectivity index (χ2n) is 4.67. The largest absolute Gasteiger partial charge is 0.478 e. The van der Waals surface area contributed by atoms with Gasteiger partial charge in [-0.15, -0.1) is 0 Å². The van der Waals surface area contributed by atoms with Gasteiger partial charge in [0.1, 0.15) is 12.2 Å². The van der Waals surface area contributed by atoms with Crippen LogP contribution in [0.3, 0.4) is 0 Å². The van der Waals surface area contributed by atoms with Gasteiger partial charge in [0.15, 0.2) is 0 Å². The molecule has 2 bridgehead atoms. The summed E-state index contributed by atoms with van der Waals surface area (Å²) in [5.74, 6) is -2.03. The third-order valence-electron chi connectivity index (χ3n) is 3.45. The topological polar surface area (TPSA) is 83.9 Å². The van der Waals surface area contributed by atoms with Crippen molar-refractivity contribution in [3.8, 4) is 0 Å². The second-order valence-corrected chi connectivity index (χ2v) is 5.08. The maximum Gasteiger partial charge on any atom is 0.335 e. The lowest BCUT2D eigenvalue weighted by Crippen LogP contribution is -2.52. The number of carboxylic acid groups (broad SMARTS) is 1. The zero-order chi connectivity index (χ0) is 14.4. The van der Waals surface area contributed by atoms with E-state index in [1.165, 1.54) is 18.2 Å². The number of imide groups is 1. The van der Waals surface area contributed by atoms with Gasteiger partial charge in [-0.25, -0.2) is 9.69 Å². The first-order valence-electron chi connectivity index (χ1n) is 6.05. The van der Waals surface area contributed by atoms with E-state index >= 15 is 0 Å². The molecule has 6 nitrogen and oxygen atoms in total. The van der Waals surface area contributed by atoms with Crippen LogP contribution >= 0.6 is 11.6 Å². The minimum absolute atomic E-state index is 0.00474. The van der Waals surface area contributed by atoms with Gasteiger partial charge in [-0.3, -0.25) is 9.59 Å². The minimum atomic E-state index is -1.13. The van der Waals surface area contributed by atoms with Crippen molar-refractivity contribution in [3.63, 3.8) is 0 Å². The summed E-state index contributed by atoms with van der Waals surface area (Å²) in [5, 5.41) is 8.93. The van der Waals surface area contributed by atoms with Crippen LogP contribution in [0.25, 0.3) is 0 Å². The summed E-state index contributed by atoms with van der Waals surface area (Å²) >= 11 is 6.00. The summed E-state index contributed by atoms with van der Waals surface area (Å²) < 4.78 is 5.30. The van der Waals surface area contributed by atoms with Gasteiger partial charge in [-0.1, -0.05) is 11.6 Å². The SMILES string of the molecule is O=C(O)c1ccc(N2C(=O)C3CCC(O3)C2=O)c(Cl)c1. The highest BCUT2D eigenvalue weighted by molar-refractivity contribution is 6.36. The number of morpholine rings is 1. The summed E-state index contributed by atoms with van der Waals surface area (Å²) in [6.07, 6.45) is -0.214. The number of carboxylic acids is 1. The first-order valence-corrected chi connectivity index (χ1v) is 6.43. The normalized spacial score (nSPS) is 25.1. The summed E-state index contributed by atoms with van der Waals surface area (Å²) in [5.41, 5.74) is 0.196. The number of nitrogens with zero attached hydrogens (tertiary/aromatic N) is 1. The van der Waals surface area contributed by atoms with Gasteiger partial charge >= 0.3 is 5.97 Å². The van der Waals surface area contributed by atoms with Crippen LogP contribution in [0, 0.1) is 0 Å². The Bertz CT molecular complexity index is 607. The highest BCUT2D eigenvalue weighted by Crippen LogP contribution is 2.35. The van der Waals surface area contributed by atoms with Crippen LogP contribution < -0.4 is 4.90 Å². The molecular formula is C13H10ClNO5. The minimum Gasteiger partial charge on any atom is -0.478 e. The molecule has 0 aromatic heterocycles. The number of hydrogen-bond donors (Lipinski definition) is 1. The molecule has 2 atom stereocenters. The number of carbonyl (C=O) groups is 3. The number of anilines is 1. The Morgan fingerprint density at radius 2 is 1.85 bits per heavy atom.